The van der Waals surface area contributed by atoms with Crippen LogP contribution in [0.25, 0.3) is 0 Å². The number of allylic oxidation sites excluding steroid dienone is 1. The van der Waals surface area contributed by atoms with Crippen LogP contribution >= 0.6 is 15.9 Å². The molecule has 3 N–H and O–H groups in total. The summed E-state index contributed by atoms with van der Waals surface area (Å²) in [6.07, 6.45) is 1.45. The maximum atomic E-state index is 13.5. The maximum absolute atomic E-state index is 13.5. The number of anilines is 1. The van der Waals surface area contributed by atoms with Crippen molar-refractivity contribution in [3.8, 4) is 0 Å². The maximum Gasteiger partial charge on any atom is 0.341 e. The molecule has 2 aliphatic heterocycles. The molecule has 0 fully saturated rings. The molecular weight excluding hydrogens is 456 g/mol. The molecule has 0 bridgehead atoms. The van der Waals surface area contributed by atoms with E-state index in [4.69, 9.17) is 19.9 Å². The first-order valence-corrected chi connectivity index (χ1v) is 10.4. The van der Waals surface area contributed by atoms with Crippen molar-refractivity contribution in [1.29, 1.82) is 0 Å². The Balaban J connectivity index is 2.29. The Hall–Kier alpha value is -2.81. The number of ether oxygens (including phenoxy) is 3. The number of unbranched alkanes of at least 4 members (excludes halogenated alkanes) is 1. The molecule has 1 spiro atoms. The van der Waals surface area contributed by atoms with Gasteiger partial charge in [0.15, 0.2) is 0 Å². The lowest BCUT2D eigenvalue weighted by Gasteiger charge is -2.35. The number of fused-ring (bicyclic) bond motifs is 2. The number of carbonyl (C=O) groups excluding carboxylic acids is 3. The fourth-order valence-electron chi connectivity index (χ4n) is 3.75. The number of benzene rings is 1. The van der Waals surface area contributed by atoms with Gasteiger partial charge in [0.2, 0.25) is 11.8 Å². The quantitative estimate of drug-likeness (QED) is 0.476. The molecular formula is C21H23BrN2O6. The van der Waals surface area contributed by atoms with Gasteiger partial charge in [-0.1, -0.05) is 29.3 Å². The average molecular weight is 479 g/mol. The van der Waals surface area contributed by atoms with Crippen LogP contribution in [0.5, 0.6) is 0 Å². The van der Waals surface area contributed by atoms with Crippen LogP contribution in [0.2, 0.25) is 0 Å². The van der Waals surface area contributed by atoms with Gasteiger partial charge in [0, 0.05) is 15.7 Å². The fraction of sp³-hybridized carbons (Fsp3) is 0.381. The summed E-state index contributed by atoms with van der Waals surface area (Å²) in [5.74, 6) is -2.40. The first-order chi connectivity index (χ1) is 14.3. The lowest BCUT2D eigenvalue weighted by molar-refractivity contribution is -0.143. The Morgan fingerprint density at radius 1 is 1.20 bits per heavy atom. The molecule has 30 heavy (non-hydrogen) atoms. The van der Waals surface area contributed by atoms with Crippen molar-refractivity contribution >= 4 is 39.5 Å². The van der Waals surface area contributed by atoms with Gasteiger partial charge in [-0.2, -0.15) is 0 Å². The third-order valence-corrected chi connectivity index (χ3v) is 5.49. The van der Waals surface area contributed by atoms with E-state index in [0.717, 1.165) is 6.42 Å². The zero-order valence-corrected chi connectivity index (χ0v) is 18.6. The van der Waals surface area contributed by atoms with Gasteiger partial charge in [0.25, 0.3) is 0 Å². The Morgan fingerprint density at radius 3 is 2.57 bits per heavy atom. The molecule has 8 nitrogen and oxygen atoms in total. The predicted octanol–water partition coefficient (Wildman–Crippen LogP) is 3.02. The average Bonchev–Trinajstić information content (AvgIpc) is 2.94. The van der Waals surface area contributed by atoms with Gasteiger partial charge in [-0.05, 0) is 38.5 Å². The van der Waals surface area contributed by atoms with Gasteiger partial charge in [-0.15, -0.1) is 0 Å². The summed E-state index contributed by atoms with van der Waals surface area (Å²) in [5.41, 5.74) is 4.76. The molecule has 1 aromatic carbocycles. The Morgan fingerprint density at radius 2 is 1.90 bits per heavy atom. The molecule has 2 heterocycles. The van der Waals surface area contributed by atoms with Gasteiger partial charge >= 0.3 is 11.9 Å². The van der Waals surface area contributed by atoms with Crippen LogP contribution in [0.4, 0.5) is 5.69 Å². The second kappa shape index (κ2) is 8.51. The zero-order chi connectivity index (χ0) is 22.1. The third-order valence-electron chi connectivity index (χ3n) is 5.00. The van der Waals surface area contributed by atoms with Gasteiger partial charge < -0.3 is 25.3 Å². The highest BCUT2D eigenvalue weighted by Gasteiger charge is 2.61. The minimum atomic E-state index is -1.85. The van der Waals surface area contributed by atoms with Crippen molar-refractivity contribution in [2.75, 3.05) is 18.5 Å². The SMILES string of the molecule is CCCCOC(=O)C1=C(N)OC(C)=C(C(=O)OCC)[C@]12C(=O)Nc1ccc(Br)cc12. The lowest BCUT2D eigenvalue weighted by Crippen LogP contribution is -2.48. The molecule has 1 aromatic rings. The minimum Gasteiger partial charge on any atom is -0.462 e. The molecule has 0 aliphatic carbocycles. The van der Waals surface area contributed by atoms with E-state index in [1.54, 1.807) is 25.1 Å². The monoisotopic (exact) mass is 478 g/mol. The van der Waals surface area contributed by atoms with E-state index in [0.29, 0.717) is 22.1 Å². The summed E-state index contributed by atoms with van der Waals surface area (Å²) in [6, 6.07) is 5.08. The number of halogens is 1. The molecule has 0 unspecified atom stereocenters. The molecule has 0 aromatic heterocycles. The summed E-state index contributed by atoms with van der Waals surface area (Å²) in [4.78, 5) is 39.5. The van der Waals surface area contributed by atoms with E-state index in [-0.39, 0.29) is 36.0 Å². The van der Waals surface area contributed by atoms with Crippen LogP contribution in [-0.2, 0) is 34.0 Å². The normalized spacial score (nSPS) is 20.1. The van der Waals surface area contributed by atoms with E-state index in [2.05, 4.69) is 21.2 Å². The van der Waals surface area contributed by atoms with Crippen molar-refractivity contribution < 1.29 is 28.6 Å². The van der Waals surface area contributed by atoms with E-state index in [1.807, 2.05) is 6.92 Å². The Bertz CT molecular complexity index is 984. The van der Waals surface area contributed by atoms with Crippen molar-refractivity contribution in [2.45, 2.75) is 39.0 Å². The molecule has 0 saturated heterocycles. The number of amides is 1. The fourth-order valence-corrected chi connectivity index (χ4v) is 4.11. The molecule has 160 valence electrons. The summed E-state index contributed by atoms with van der Waals surface area (Å²) < 4.78 is 16.8. The molecule has 9 heteroatoms. The van der Waals surface area contributed by atoms with Crippen molar-refractivity contribution in [3.05, 3.63) is 51.0 Å². The van der Waals surface area contributed by atoms with Crippen molar-refractivity contribution in [3.63, 3.8) is 0 Å². The first kappa shape index (κ1) is 21.9. The van der Waals surface area contributed by atoms with Crippen LogP contribution in [0.1, 0.15) is 39.2 Å². The molecule has 0 saturated carbocycles. The van der Waals surface area contributed by atoms with E-state index in [9.17, 15) is 14.4 Å². The standard InChI is InChI=1S/C21H23BrN2O6/c1-4-6-9-29-19(26)16-17(23)30-11(3)15(18(25)28-5-2)21(16)13-10-12(22)7-8-14(13)24-20(21)27/h7-8,10H,4-6,9,23H2,1-3H3,(H,24,27)/t21-/m0/s1. The van der Waals surface area contributed by atoms with E-state index in [1.165, 1.54) is 6.92 Å². The molecule has 1 atom stereocenters. The number of nitrogens with one attached hydrogen (secondary N) is 1. The number of esters is 2. The number of hydrogen-bond acceptors (Lipinski definition) is 7. The summed E-state index contributed by atoms with van der Waals surface area (Å²) >= 11 is 3.39. The highest BCUT2D eigenvalue weighted by molar-refractivity contribution is 9.10. The van der Waals surface area contributed by atoms with Crippen molar-refractivity contribution in [2.24, 2.45) is 5.73 Å². The largest absolute Gasteiger partial charge is 0.462 e. The highest BCUT2D eigenvalue weighted by atomic mass is 79.9. The van der Waals surface area contributed by atoms with E-state index >= 15 is 0 Å². The second-order valence-electron chi connectivity index (χ2n) is 6.88. The topological polar surface area (TPSA) is 117 Å². The van der Waals surface area contributed by atoms with Crippen LogP contribution < -0.4 is 11.1 Å². The highest BCUT2D eigenvalue weighted by Crippen LogP contribution is 2.53. The number of carbonyl (C=O) groups is 3. The Kier molecular flexibility index (Phi) is 6.21. The molecule has 3 rings (SSSR count). The first-order valence-electron chi connectivity index (χ1n) is 9.64. The summed E-state index contributed by atoms with van der Waals surface area (Å²) in [5, 5.41) is 2.75. The van der Waals surface area contributed by atoms with Gasteiger partial charge in [0.05, 0.1) is 13.2 Å². The van der Waals surface area contributed by atoms with Gasteiger partial charge in [-0.3, -0.25) is 4.79 Å². The molecule has 0 radical (unpaired) electrons. The number of nitrogens with two attached hydrogens (primary N) is 1. The number of hydrogen-bond donors (Lipinski definition) is 2. The molecule has 2 aliphatic rings. The number of rotatable bonds is 6. The van der Waals surface area contributed by atoms with Crippen LogP contribution in [0.15, 0.2) is 45.5 Å². The lowest BCUT2D eigenvalue weighted by atomic mass is 9.67. The predicted molar refractivity (Wildman–Crippen MR) is 112 cm³/mol. The minimum absolute atomic E-state index is 0.0775. The van der Waals surface area contributed by atoms with E-state index < -0.39 is 23.3 Å². The smallest absolute Gasteiger partial charge is 0.341 e. The summed E-state index contributed by atoms with van der Waals surface area (Å²) in [6.45, 7) is 5.33. The Labute approximate surface area is 182 Å². The van der Waals surface area contributed by atoms with Crippen LogP contribution in [-0.4, -0.2) is 31.1 Å². The summed E-state index contributed by atoms with van der Waals surface area (Å²) in [7, 11) is 0. The third kappa shape index (κ3) is 3.36. The van der Waals surface area contributed by atoms with Gasteiger partial charge in [-0.25, -0.2) is 9.59 Å². The van der Waals surface area contributed by atoms with Crippen LogP contribution in [0.3, 0.4) is 0 Å². The van der Waals surface area contributed by atoms with Crippen molar-refractivity contribution in [1.82, 2.24) is 0 Å². The van der Waals surface area contributed by atoms with Gasteiger partial charge in [0.1, 0.15) is 22.3 Å². The second-order valence-corrected chi connectivity index (χ2v) is 7.79. The van der Waals surface area contributed by atoms with Crippen LogP contribution in [0, 0.1) is 0 Å². The zero-order valence-electron chi connectivity index (χ0n) is 17.0. The molecule has 1 amide bonds.